The number of aromatic nitrogens is 3. The molecule has 0 fully saturated rings. The Labute approximate surface area is 150 Å². The van der Waals surface area contributed by atoms with Gasteiger partial charge in [-0.3, -0.25) is 0 Å². The average Bonchev–Trinajstić information content (AvgIpc) is 3.01. The van der Waals surface area contributed by atoms with Gasteiger partial charge in [0.15, 0.2) is 0 Å². The van der Waals surface area contributed by atoms with Gasteiger partial charge in [0.05, 0.1) is 5.69 Å². The molecule has 2 aromatic rings. The highest BCUT2D eigenvalue weighted by Gasteiger charge is 2.29. The third kappa shape index (κ3) is 2.88. The molecule has 0 bridgehead atoms. The van der Waals surface area contributed by atoms with E-state index in [0.29, 0.717) is 11.8 Å². The summed E-state index contributed by atoms with van der Waals surface area (Å²) >= 11 is 0. The summed E-state index contributed by atoms with van der Waals surface area (Å²) < 4.78 is 2.03. The fourth-order valence-corrected chi connectivity index (χ4v) is 3.75. The van der Waals surface area contributed by atoms with E-state index in [-0.39, 0.29) is 6.04 Å². The molecule has 0 spiro atoms. The zero-order chi connectivity index (χ0) is 18.1. The third-order valence-electron chi connectivity index (χ3n) is 5.10. The van der Waals surface area contributed by atoms with Gasteiger partial charge in [-0.1, -0.05) is 68.6 Å². The minimum Gasteiger partial charge on any atom is -0.242 e. The molecule has 1 unspecified atom stereocenters. The third-order valence-corrected chi connectivity index (χ3v) is 5.10. The number of fused-ring (bicyclic) bond motifs is 3. The number of hydrogen-bond donors (Lipinski definition) is 0. The molecule has 0 aliphatic heterocycles. The lowest BCUT2D eigenvalue weighted by Crippen LogP contribution is -2.14. The Balaban J connectivity index is 2.42. The van der Waals surface area contributed by atoms with Gasteiger partial charge in [-0.2, -0.15) is 0 Å². The van der Waals surface area contributed by atoms with Crippen molar-refractivity contribution in [2.45, 2.75) is 46.1 Å². The second-order valence-electron chi connectivity index (χ2n) is 7.31. The lowest BCUT2D eigenvalue weighted by atomic mass is 9.77. The van der Waals surface area contributed by atoms with Crippen molar-refractivity contribution in [3.8, 4) is 11.3 Å². The minimum atomic E-state index is 0.236. The van der Waals surface area contributed by atoms with Crippen molar-refractivity contribution >= 4 is 5.57 Å². The van der Waals surface area contributed by atoms with E-state index < -0.39 is 0 Å². The second-order valence-corrected chi connectivity index (χ2v) is 7.31. The molecule has 3 rings (SSSR count). The summed E-state index contributed by atoms with van der Waals surface area (Å²) in [7, 11) is 0. The van der Waals surface area contributed by atoms with Crippen LogP contribution in [0.5, 0.6) is 0 Å². The molecule has 0 N–H and O–H groups in total. The molecule has 1 aromatic heterocycles. The summed E-state index contributed by atoms with van der Waals surface area (Å²) in [5.74, 6) is 0.940. The van der Waals surface area contributed by atoms with Crippen LogP contribution in [0.15, 0.2) is 55.1 Å². The Hall–Kier alpha value is -2.42. The monoisotopic (exact) mass is 333 g/mol. The fraction of sp³-hybridized carbons (Fsp3) is 0.364. The van der Waals surface area contributed by atoms with Crippen LogP contribution in [0.25, 0.3) is 16.8 Å². The van der Waals surface area contributed by atoms with Gasteiger partial charge in [0, 0.05) is 17.2 Å². The van der Waals surface area contributed by atoms with Gasteiger partial charge < -0.3 is 0 Å². The number of hydrogen-bond acceptors (Lipinski definition) is 2. The van der Waals surface area contributed by atoms with Crippen LogP contribution in [0.3, 0.4) is 0 Å². The van der Waals surface area contributed by atoms with Crippen LogP contribution in [0.4, 0.5) is 0 Å². The first-order valence-corrected chi connectivity index (χ1v) is 9.02. The summed E-state index contributed by atoms with van der Waals surface area (Å²) in [6.45, 7) is 17.0. The molecule has 25 heavy (non-hydrogen) atoms. The van der Waals surface area contributed by atoms with Crippen molar-refractivity contribution < 1.29 is 0 Å². The van der Waals surface area contributed by atoms with Crippen molar-refractivity contribution in [2.24, 2.45) is 5.92 Å². The maximum absolute atomic E-state index is 4.53. The minimum absolute atomic E-state index is 0.236. The van der Waals surface area contributed by atoms with Gasteiger partial charge in [-0.25, -0.2) is 4.68 Å². The number of allylic oxidation sites excluding steroid dienone is 4. The highest BCUT2D eigenvalue weighted by molar-refractivity contribution is 5.86. The summed E-state index contributed by atoms with van der Waals surface area (Å²) in [6, 6.07) is 8.92. The number of rotatable bonds is 4. The molecule has 0 saturated heterocycles. The van der Waals surface area contributed by atoms with Crippen LogP contribution in [-0.2, 0) is 0 Å². The van der Waals surface area contributed by atoms with Gasteiger partial charge in [0.2, 0.25) is 0 Å². The first-order chi connectivity index (χ1) is 12.0. The molecule has 1 atom stereocenters. The van der Waals surface area contributed by atoms with E-state index in [4.69, 9.17) is 0 Å². The highest BCUT2D eigenvalue weighted by Crippen LogP contribution is 2.44. The normalized spacial score (nSPS) is 20.0. The molecule has 1 aliphatic carbocycles. The number of benzene rings is 1. The Kier molecular flexibility index (Phi) is 4.76. The van der Waals surface area contributed by atoms with E-state index in [1.165, 1.54) is 16.7 Å². The van der Waals surface area contributed by atoms with Crippen molar-refractivity contribution in [3.05, 3.63) is 66.4 Å². The van der Waals surface area contributed by atoms with Gasteiger partial charge in [-0.05, 0) is 43.2 Å². The van der Waals surface area contributed by atoms with Crippen LogP contribution in [0.2, 0.25) is 0 Å². The van der Waals surface area contributed by atoms with E-state index in [2.05, 4.69) is 75.4 Å². The SMILES string of the molecule is C=C/C1=C(\C=C)c2nnn(C(C)C)c2-c2ccccc2C(C(C)C)C1. The standard InChI is InChI=1S/C22H27N3/c1-7-16-13-20(14(3)4)18-11-9-10-12-19(18)22-21(17(16)8-2)23-24-25(22)15(5)6/h7-12,14-15,20H,1-2,13H2,3-6H3/b17-16-. The van der Waals surface area contributed by atoms with Crippen LogP contribution < -0.4 is 0 Å². The lowest BCUT2D eigenvalue weighted by Gasteiger charge is -2.28. The molecule has 0 amide bonds. The molecule has 1 aliphatic rings. The Morgan fingerprint density at radius 3 is 2.44 bits per heavy atom. The predicted octanol–water partition coefficient (Wildman–Crippen LogP) is 5.79. The molecular formula is C22H27N3. The van der Waals surface area contributed by atoms with E-state index in [1.807, 2.05) is 16.8 Å². The smallest absolute Gasteiger partial charge is 0.121 e. The van der Waals surface area contributed by atoms with E-state index in [0.717, 1.165) is 23.4 Å². The van der Waals surface area contributed by atoms with Crippen molar-refractivity contribution in [1.29, 1.82) is 0 Å². The second kappa shape index (κ2) is 6.83. The quantitative estimate of drug-likeness (QED) is 0.708. The summed E-state index contributed by atoms with van der Waals surface area (Å²) in [5.41, 5.74) is 6.85. The molecule has 130 valence electrons. The summed E-state index contributed by atoms with van der Waals surface area (Å²) in [4.78, 5) is 0. The van der Waals surface area contributed by atoms with Gasteiger partial charge in [-0.15, -0.1) is 5.10 Å². The Bertz CT molecular complexity index is 837. The molecule has 0 radical (unpaired) electrons. The first-order valence-electron chi connectivity index (χ1n) is 9.02. The summed E-state index contributed by atoms with van der Waals surface area (Å²) in [5, 5.41) is 9.00. The average molecular weight is 333 g/mol. The lowest BCUT2D eigenvalue weighted by molar-refractivity contribution is 0.495. The molecule has 3 heteroatoms. The molecule has 0 saturated carbocycles. The predicted molar refractivity (Wildman–Crippen MR) is 105 cm³/mol. The van der Waals surface area contributed by atoms with Gasteiger partial charge in [0.1, 0.15) is 5.69 Å². The van der Waals surface area contributed by atoms with Crippen LogP contribution in [-0.4, -0.2) is 15.0 Å². The van der Waals surface area contributed by atoms with E-state index in [1.54, 1.807) is 0 Å². The molecule has 3 nitrogen and oxygen atoms in total. The zero-order valence-corrected chi connectivity index (χ0v) is 15.7. The van der Waals surface area contributed by atoms with Gasteiger partial charge >= 0.3 is 0 Å². The Morgan fingerprint density at radius 1 is 1.12 bits per heavy atom. The van der Waals surface area contributed by atoms with E-state index >= 15 is 0 Å². The van der Waals surface area contributed by atoms with Crippen molar-refractivity contribution in [3.63, 3.8) is 0 Å². The van der Waals surface area contributed by atoms with E-state index in [9.17, 15) is 0 Å². The first kappa shape index (κ1) is 17.4. The maximum atomic E-state index is 4.53. The Morgan fingerprint density at radius 2 is 1.84 bits per heavy atom. The molecular weight excluding hydrogens is 306 g/mol. The van der Waals surface area contributed by atoms with Crippen LogP contribution in [0.1, 0.15) is 57.3 Å². The fourth-order valence-electron chi connectivity index (χ4n) is 3.75. The molecule has 1 aromatic carbocycles. The highest BCUT2D eigenvalue weighted by atomic mass is 15.4. The number of nitrogens with zero attached hydrogens (tertiary/aromatic N) is 3. The summed E-state index contributed by atoms with van der Waals surface area (Å²) in [6.07, 6.45) is 4.80. The maximum Gasteiger partial charge on any atom is 0.121 e. The van der Waals surface area contributed by atoms with Gasteiger partial charge in [0.25, 0.3) is 0 Å². The topological polar surface area (TPSA) is 30.7 Å². The van der Waals surface area contributed by atoms with Crippen LogP contribution >= 0.6 is 0 Å². The van der Waals surface area contributed by atoms with Crippen molar-refractivity contribution in [1.82, 2.24) is 15.0 Å². The largest absolute Gasteiger partial charge is 0.242 e. The van der Waals surface area contributed by atoms with Crippen LogP contribution in [0, 0.1) is 5.92 Å². The van der Waals surface area contributed by atoms with Crippen molar-refractivity contribution in [2.75, 3.05) is 0 Å². The molecule has 1 heterocycles. The zero-order valence-electron chi connectivity index (χ0n) is 15.7.